The smallest absolute Gasteiger partial charge is 0.337 e. The van der Waals surface area contributed by atoms with Gasteiger partial charge in [0.15, 0.2) is 5.76 Å². The first-order valence-corrected chi connectivity index (χ1v) is 11.9. The van der Waals surface area contributed by atoms with E-state index in [1.165, 1.54) is 23.3 Å². The SMILES string of the molecule is COC(=O)c1ccc(C2C(C(=O)c3cccs3)=C(O)C(=O)N2CCc2c[nH]c3ccccc23)cc1. The quantitative estimate of drug-likeness (QED) is 0.288. The number of nitrogens with one attached hydrogen (secondary N) is 1. The second-order valence-electron chi connectivity index (χ2n) is 8.19. The topological polar surface area (TPSA) is 99.7 Å². The zero-order valence-corrected chi connectivity index (χ0v) is 19.7. The number of hydrogen-bond acceptors (Lipinski definition) is 6. The lowest BCUT2D eigenvalue weighted by Crippen LogP contribution is -2.33. The number of aromatic amines is 1. The number of esters is 1. The minimum atomic E-state index is -0.783. The Bertz CT molecular complexity index is 1450. The maximum Gasteiger partial charge on any atom is 0.337 e. The molecular weight excluding hydrogens is 464 g/mol. The number of ether oxygens (including phenoxy) is 1. The summed E-state index contributed by atoms with van der Waals surface area (Å²) in [7, 11) is 1.30. The molecule has 1 unspecified atom stereocenters. The van der Waals surface area contributed by atoms with Crippen LogP contribution in [-0.2, 0) is 16.0 Å². The lowest BCUT2D eigenvalue weighted by molar-refractivity contribution is -0.129. The Balaban J connectivity index is 1.51. The largest absolute Gasteiger partial charge is 0.503 e. The number of benzene rings is 2. The molecule has 0 radical (unpaired) electrons. The number of thiophene rings is 1. The summed E-state index contributed by atoms with van der Waals surface area (Å²) in [5.41, 5.74) is 3.05. The van der Waals surface area contributed by atoms with E-state index in [1.54, 1.807) is 41.8 Å². The van der Waals surface area contributed by atoms with Gasteiger partial charge in [-0.15, -0.1) is 11.3 Å². The van der Waals surface area contributed by atoms with E-state index in [2.05, 4.69) is 4.98 Å². The summed E-state index contributed by atoms with van der Waals surface area (Å²) < 4.78 is 4.77. The number of rotatable bonds is 7. The molecule has 7 nitrogen and oxygen atoms in total. The second-order valence-corrected chi connectivity index (χ2v) is 9.14. The van der Waals surface area contributed by atoms with Crippen LogP contribution in [0.4, 0.5) is 0 Å². The fourth-order valence-corrected chi connectivity index (χ4v) is 5.18. The van der Waals surface area contributed by atoms with Crippen LogP contribution in [0.25, 0.3) is 10.9 Å². The standard InChI is InChI=1S/C27H22N2O5S/c1-34-27(33)17-10-8-16(9-11-17)23-22(24(30)21-7-4-14-35-21)25(31)26(32)29(23)13-12-18-15-28-20-6-3-2-5-19(18)20/h2-11,14-15,23,28,31H,12-13H2,1H3. The van der Waals surface area contributed by atoms with Crippen LogP contribution in [0.15, 0.2) is 83.6 Å². The number of fused-ring (bicyclic) bond motifs is 1. The summed E-state index contributed by atoms with van der Waals surface area (Å²) in [5.74, 6) is -2.00. The van der Waals surface area contributed by atoms with Gasteiger partial charge in [-0.2, -0.15) is 0 Å². The van der Waals surface area contributed by atoms with E-state index in [0.717, 1.165) is 16.5 Å². The maximum absolute atomic E-state index is 13.4. The van der Waals surface area contributed by atoms with E-state index in [0.29, 0.717) is 22.4 Å². The Morgan fingerprint density at radius 2 is 1.86 bits per heavy atom. The average Bonchev–Trinajstić information content (AvgIpc) is 3.62. The average molecular weight is 487 g/mol. The molecule has 0 saturated heterocycles. The van der Waals surface area contributed by atoms with Crippen molar-refractivity contribution in [3.8, 4) is 0 Å². The molecule has 1 atom stereocenters. The van der Waals surface area contributed by atoms with Crippen LogP contribution in [0.2, 0.25) is 0 Å². The molecule has 4 aromatic rings. The van der Waals surface area contributed by atoms with Crippen LogP contribution in [0.1, 0.15) is 37.2 Å². The van der Waals surface area contributed by atoms with Crippen LogP contribution in [0.5, 0.6) is 0 Å². The number of para-hydroxylation sites is 1. The van der Waals surface area contributed by atoms with Gasteiger partial charge < -0.3 is 19.7 Å². The predicted octanol–water partition coefficient (Wildman–Crippen LogP) is 4.84. The number of carbonyl (C=O) groups is 3. The minimum absolute atomic E-state index is 0.0437. The van der Waals surface area contributed by atoms with Crippen molar-refractivity contribution >= 4 is 39.9 Å². The molecule has 1 amide bonds. The highest BCUT2D eigenvalue weighted by molar-refractivity contribution is 7.12. The highest BCUT2D eigenvalue weighted by atomic mass is 32.1. The molecule has 2 N–H and O–H groups in total. The van der Waals surface area contributed by atoms with Crippen molar-refractivity contribution in [2.24, 2.45) is 0 Å². The number of Topliss-reactive ketones (excluding diaryl/α,β-unsaturated/α-hetero) is 1. The van der Waals surface area contributed by atoms with Crippen molar-refractivity contribution in [2.75, 3.05) is 13.7 Å². The Kier molecular flexibility index (Phi) is 5.96. The first-order chi connectivity index (χ1) is 17.0. The predicted molar refractivity (Wildman–Crippen MR) is 133 cm³/mol. The normalized spacial score (nSPS) is 15.7. The van der Waals surface area contributed by atoms with Gasteiger partial charge in [-0.05, 0) is 47.2 Å². The Morgan fingerprint density at radius 3 is 2.57 bits per heavy atom. The third-order valence-electron chi connectivity index (χ3n) is 6.24. The molecule has 1 aliphatic heterocycles. The van der Waals surface area contributed by atoms with Crippen molar-refractivity contribution in [1.82, 2.24) is 9.88 Å². The first kappa shape index (κ1) is 22.6. The number of hydrogen-bond donors (Lipinski definition) is 2. The molecule has 0 aliphatic carbocycles. The number of aromatic nitrogens is 1. The molecule has 3 heterocycles. The summed E-state index contributed by atoms with van der Waals surface area (Å²) in [5, 5.41) is 13.7. The van der Waals surface area contributed by atoms with Gasteiger partial charge in [-0.25, -0.2) is 4.79 Å². The zero-order valence-electron chi connectivity index (χ0n) is 18.9. The number of methoxy groups -OCH3 is 1. The lowest BCUT2D eigenvalue weighted by Gasteiger charge is -2.27. The van der Waals surface area contributed by atoms with E-state index < -0.39 is 23.7 Å². The molecule has 0 bridgehead atoms. The summed E-state index contributed by atoms with van der Waals surface area (Å²) >= 11 is 1.25. The monoisotopic (exact) mass is 486 g/mol. The number of ketones is 1. The molecule has 176 valence electrons. The number of aliphatic hydroxyl groups is 1. The van der Waals surface area contributed by atoms with E-state index in [1.807, 2.05) is 30.5 Å². The van der Waals surface area contributed by atoms with Gasteiger partial charge in [0.25, 0.3) is 5.91 Å². The molecule has 1 aliphatic rings. The van der Waals surface area contributed by atoms with Gasteiger partial charge in [0.05, 0.1) is 29.2 Å². The number of aliphatic hydroxyl groups excluding tert-OH is 1. The van der Waals surface area contributed by atoms with E-state index in [9.17, 15) is 19.5 Å². The van der Waals surface area contributed by atoms with Gasteiger partial charge in [-0.3, -0.25) is 9.59 Å². The Hall–Kier alpha value is -4.17. The van der Waals surface area contributed by atoms with Gasteiger partial charge in [0.1, 0.15) is 0 Å². The molecule has 0 saturated carbocycles. The third-order valence-corrected chi connectivity index (χ3v) is 7.11. The summed E-state index contributed by atoms with van der Waals surface area (Å²) in [6.45, 7) is 0.287. The van der Waals surface area contributed by atoms with E-state index in [4.69, 9.17) is 4.74 Å². The molecular formula is C27H22N2O5S. The zero-order chi connectivity index (χ0) is 24.5. The highest BCUT2D eigenvalue weighted by Gasteiger charge is 2.43. The van der Waals surface area contributed by atoms with E-state index in [-0.39, 0.29) is 17.9 Å². The van der Waals surface area contributed by atoms with E-state index >= 15 is 0 Å². The Morgan fingerprint density at radius 1 is 1.09 bits per heavy atom. The van der Waals surface area contributed by atoms with Crippen LogP contribution >= 0.6 is 11.3 Å². The van der Waals surface area contributed by atoms with Crippen LogP contribution < -0.4 is 0 Å². The summed E-state index contributed by atoms with van der Waals surface area (Å²) in [6.07, 6.45) is 2.44. The van der Waals surface area contributed by atoms with Crippen LogP contribution in [0, 0.1) is 0 Å². The van der Waals surface area contributed by atoms with Crippen molar-refractivity contribution in [3.63, 3.8) is 0 Å². The Labute approximate surface area is 205 Å². The molecule has 0 spiro atoms. The highest BCUT2D eigenvalue weighted by Crippen LogP contribution is 2.40. The number of H-pyrrole nitrogens is 1. The molecule has 0 fully saturated rings. The molecule has 2 aromatic carbocycles. The van der Waals surface area contributed by atoms with Gasteiger partial charge >= 0.3 is 5.97 Å². The molecule has 35 heavy (non-hydrogen) atoms. The van der Waals surface area contributed by atoms with Gasteiger partial charge in [0, 0.05) is 23.6 Å². The number of nitrogens with zero attached hydrogens (tertiary/aromatic N) is 1. The first-order valence-electron chi connectivity index (χ1n) is 11.0. The third kappa shape index (κ3) is 4.02. The fraction of sp³-hybridized carbons (Fsp3) is 0.148. The van der Waals surface area contributed by atoms with Gasteiger partial charge in [-0.1, -0.05) is 36.4 Å². The second kappa shape index (κ2) is 9.23. The van der Waals surface area contributed by atoms with Crippen molar-refractivity contribution in [1.29, 1.82) is 0 Å². The van der Waals surface area contributed by atoms with Crippen molar-refractivity contribution in [2.45, 2.75) is 12.5 Å². The number of amides is 1. The molecule has 8 heteroatoms. The fourth-order valence-electron chi connectivity index (χ4n) is 4.50. The lowest BCUT2D eigenvalue weighted by atomic mass is 9.94. The number of carbonyl (C=O) groups excluding carboxylic acids is 3. The summed E-state index contributed by atoms with van der Waals surface area (Å²) in [6, 6.07) is 17.1. The van der Waals surface area contributed by atoms with Crippen molar-refractivity contribution < 1.29 is 24.2 Å². The maximum atomic E-state index is 13.4. The van der Waals surface area contributed by atoms with Crippen LogP contribution in [-0.4, -0.2) is 46.3 Å². The molecule has 2 aromatic heterocycles. The summed E-state index contributed by atoms with van der Waals surface area (Å²) in [4.78, 5) is 43.6. The van der Waals surface area contributed by atoms with Crippen LogP contribution in [0.3, 0.4) is 0 Å². The van der Waals surface area contributed by atoms with Crippen molar-refractivity contribution in [3.05, 3.63) is 105 Å². The molecule has 5 rings (SSSR count). The van der Waals surface area contributed by atoms with Gasteiger partial charge in [0.2, 0.25) is 5.78 Å². The minimum Gasteiger partial charge on any atom is -0.503 e.